The first kappa shape index (κ1) is 18.2. The summed E-state index contributed by atoms with van der Waals surface area (Å²) >= 11 is 0. The number of nitrogens with zero attached hydrogens (tertiary/aromatic N) is 3. The molecule has 1 aliphatic carbocycles. The predicted octanol–water partition coefficient (Wildman–Crippen LogP) is 2.41. The molecule has 1 aliphatic rings. The van der Waals surface area contributed by atoms with Crippen LogP contribution in [0.5, 0.6) is 0 Å². The third kappa shape index (κ3) is 3.63. The molecule has 26 heavy (non-hydrogen) atoms. The summed E-state index contributed by atoms with van der Waals surface area (Å²) in [4.78, 5) is 25.1. The van der Waals surface area contributed by atoms with Gasteiger partial charge in [0, 0.05) is 31.3 Å². The summed E-state index contributed by atoms with van der Waals surface area (Å²) in [6, 6.07) is 0. The first-order valence-electron chi connectivity index (χ1n) is 9.17. The molecule has 0 fully saturated rings. The Morgan fingerprint density at radius 3 is 2.85 bits per heavy atom. The van der Waals surface area contributed by atoms with Crippen LogP contribution in [0.3, 0.4) is 0 Å². The SMILES string of the molecule is CCCNC(=O)c1nn(CC)cc1NC(=O)c1noc2c1CC(C)CC2. The lowest BCUT2D eigenvalue weighted by Crippen LogP contribution is -2.26. The van der Waals surface area contributed by atoms with E-state index in [2.05, 4.69) is 27.8 Å². The lowest BCUT2D eigenvalue weighted by molar-refractivity contribution is 0.0948. The van der Waals surface area contributed by atoms with Crippen LogP contribution >= 0.6 is 0 Å². The highest BCUT2D eigenvalue weighted by Gasteiger charge is 2.28. The van der Waals surface area contributed by atoms with Crippen LogP contribution in [0.15, 0.2) is 10.7 Å². The van der Waals surface area contributed by atoms with Gasteiger partial charge in [0.2, 0.25) is 0 Å². The van der Waals surface area contributed by atoms with E-state index in [4.69, 9.17) is 4.52 Å². The summed E-state index contributed by atoms with van der Waals surface area (Å²) in [6.45, 7) is 7.20. The van der Waals surface area contributed by atoms with Crippen molar-refractivity contribution in [2.75, 3.05) is 11.9 Å². The van der Waals surface area contributed by atoms with Gasteiger partial charge >= 0.3 is 0 Å². The smallest absolute Gasteiger partial charge is 0.278 e. The van der Waals surface area contributed by atoms with Crippen LogP contribution in [0.1, 0.15) is 65.9 Å². The molecule has 1 atom stereocenters. The zero-order valence-electron chi connectivity index (χ0n) is 15.5. The zero-order valence-corrected chi connectivity index (χ0v) is 15.5. The molecule has 2 aromatic rings. The molecule has 0 radical (unpaired) electrons. The number of carbonyl (C=O) groups excluding carboxylic acids is 2. The van der Waals surface area contributed by atoms with E-state index in [1.165, 1.54) is 0 Å². The Balaban J connectivity index is 1.82. The fraction of sp³-hybridized carbons (Fsp3) is 0.556. The van der Waals surface area contributed by atoms with Crippen LogP contribution in [0, 0.1) is 5.92 Å². The molecule has 140 valence electrons. The molecule has 0 aromatic carbocycles. The second-order valence-electron chi connectivity index (χ2n) is 6.74. The highest BCUT2D eigenvalue weighted by atomic mass is 16.5. The number of carbonyl (C=O) groups is 2. The minimum atomic E-state index is -0.371. The fourth-order valence-corrected chi connectivity index (χ4v) is 3.10. The molecular formula is C18H25N5O3. The fourth-order valence-electron chi connectivity index (χ4n) is 3.10. The Kier molecular flexibility index (Phi) is 5.39. The van der Waals surface area contributed by atoms with Crippen molar-refractivity contribution in [1.29, 1.82) is 0 Å². The van der Waals surface area contributed by atoms with Gasteiger partial charge in [-0.1, -0.05) is 19.0 Å². The maximum absolute atomic E-state index is 12.7. The van der Waals surface area contributed by atoms with E-state index in [-0.39, 0.29) is 17.5 Å². The van der Waals surface area contributed by atoms with Crippen molar-refractivity contribution >= 4 is 17.5 Å². The van der Waals surface area contributed by atoms with Gasteiger partial charge in [-0.25, -0.2) is 0 Å². The number of amides is 2. The lowest BCUT2D eigenvalue weighted by Gasteiger charge is -2.16. The maximum Gasteiger partial charge on any atom is 0.278 e. The van der Waals surface area contributed by atoms with Crippen molar-refractivity contribution in [2.45, 2.75) is 53.0 Å². The average molecular weight is 359 g/mol. The third-order valence-electron chi connectivity index (χ3n) is 4.59. The van der Waals surface area contributed by atoms with Crippen molar-refractivity contribution < 1.29 is 14.1 Å². The van der Waals surface area contributed by atoms with Crippen molar-refractivity contribution in [3.05, 3.63) is 28.9 Å². The van der Waals surface area contributed by atoms with Gasteiger partial charge in [0.15, 0.2) is 11.4 Å². The maximum atomic E-state index is 12.7. The van der Waals surface area contributed by atoms with E-state index in [0.717, 1.165) is 37.0 Å². The monoisotopic (exact) mass is 359 g/mol. The molecular weight excluding hydrogens is 334 g/mol. The van der Waals surface area contributed by atoms with Crippen LogP contribution in [0.2, 0.25) is 0 Å². The lowest BCUT2D eigenvalue weighted by atomic mass is 9.88. The molecule has 2 amide bonds. The molecule has 1 unspecified atom stereocenters. The number of rotatable bonds is 6. The Morgan fingerprint density at radius 2 is 2.12 bits per heavy atom. The topological polar surface area (TPSA) is 102 Å². The van der Waals surface area contributed by atoms with Gasteiger partial charge in [-0.2, -0.15) is 5.10 Å². The van der Waals surface area contributed by atoms with E-state index in [0.29, 0.717) is 30.4 Å². The average Bonchev–Trinajstić information content (AvgIpc) is 3.23. The van der Waals surface area contributed by atoms with Gasteiger partial charge in [-0.05, 0) is 32.1 Å². The summed E-state index contributed by atoms with van der Waals surface area (Å²) in [5.74, 6) is 0.611. The number of aryl methyl sites for hydroxylation is 2. The Hall–Kier alpha value is -2.64. The highest BCUT2D eigenvalue weighted by Crippen LogP contribution is 2.28. The number of aromatic nitrogens is 3. The highest BCUT2D eigenvalue weighted by molar-refractivity contribution is 6.08. The molecule has 2 heterocycles. The molecule has 2 aromatic heterocycles. The normalized spacial score (nSPS) is 16.2. The Bertz CT molecular complexity index is 808. The van der Waals surface area contributed by atoms with E-state index in [1.54, 1.807) is 10.9 Å². The second-order valence-corrected chi connectivity index (χ2v) is 6.74. The molecule has 8 nitrogen and oxygen atoms in total. The third-order valence-corrected chi connectivity index (χ3v) is 4.59. The number of hydrogen-bond acceptors (Lipinski definition) is 5. The van der Waals surface area contributed by atoms with Crippen LogP contribution in [-0.2, 0) is 19.4 Å². The molecule has 2 N–H and O–H groups in total. The first-order valence-corrected chi connectivity index (χ1v) is 9.17. The Labute approximate surface area is 152 Å². The second kappa shape index (κ2) is 7.72. The summed E-state index contributed by atoms with van der Waals surface area (Å²) in [5, 5.41) is 13.8. The van der Waals surface area contributed by atoms with Gasteiger partial charge in [0.25, 0.3) is 11.8 Å². The number of nitrogens with one attached hydrogen (secondary N) is 2. The van der Waals surface area contributed by atoms with Gasteiger partial charge < -0.3 is 15.2 Å². The van der Waals surface area contributed by atoms with E-state index >= 15 is 0 Å². The minimum Gasteiger partial charge on any atom is -0.360 e. The molecule has 0 bridgehead atoms. The van der Waals surface area contributed by atoms with Gasteiger partial charge in [-0.3, -0.25) is 14.3 Å². The summed E-state index contributed by atoms with van der Waals surface area (Å²) in [6.07, 6.45) is 5.10. The van der Waals surface area contributed by atoms with Crippen LogP contribution in [-0.4, -0.2) is 33.3 Å². The predicted molar refractivity (Wildman–Crippen MR) is 96.2 cm³/mol. The molecule has 0 spiro atoms. The van der Waals surface area contributed by atoms with Crippen molar-refractivity contribution in [2.24, 2.45) is 5.92 Å². The largest absolute Gasteiger partial charge is 0.360 e. The standard InChI is InChI=1S/C18H25N5O3/c1-4-8-19-17(24)16-13(10-23(5-2)21-16)20-18(25)15-12-9-11(3)6-7-14(12)26-22-15/h10-11H,4-9H2,1-3H3,(H,19,24)(H,20,25). The van der Waals surface area contributed by atoms with Gasteiger partial charge in [0.05, 0.1) is 5.69 Å². The zero-order chi connectivity index (χ0) is 18.7. The van der Waals surface area contributed by atoms with Crippen molar-refractivity contribution in [1.82, 2.24) is 20.3 Å². The summed E-state index contributed by atoms with van der Waals surface area (Å²) in [5.41, 5.74) is 1.77. The van der Waals surface area contributed by atoms with E-state index < -0.39 is 0 Å². The Morgan fingerprint density at radius 1 is 1.31 bits per heavy atom. The quantitative estimate of drug-likeness (QED) is 0.824. The van der Waals surface area contributed by atoms with Crippen molar-refractivity contribution in [3.63, 3.8) is 0 Å². The van der Waals surface area contributed by atoms with Crippen molar-refractivity contribution in [3.8, 4) is 0 Å². The molecule has 3 rings (SSSR count). The molecule has 8 heteroatoms. The summed E-state index contributed by atoms with van der Waals surface area (Å²) in [7, 11) is 0. The van der Waals surface area contributed by atoms with Gasteiger partial charge in [-0.15, -0.1) is 0 Å². The van der Waals surface area contributed by atoms with Crippen LogP contribution in [0.25, 0.3) is 0 Å². The summed E-state index contributed by atoms with van der Waals surface area (Å²) < 4.78 is 6.96. The molecule has 0 saturated heterocycles. The molecule has 0 aliphatic heterocycles. The minimum absolute atomic E-state index is 0.208. The number of fused-ring (bicyclic) bond motifs is 1. The van der Waals surface area contributed by atoms with Crippen LogP contribution in [0.4, 0.5) is 5.69 Å². The number of hydrogen-bond donors (Lipinski definition) is 2. The van der Waals surface area contributed by atoms with E-state index in [1.807, 2.05) is 13.8 Å². The van der Waals surface area contributed by atoms with Gasteiger partial charge in [0.1, 0.15) is 5.76 Å². The molecule has 0 saturated carbocycles. The first-order chi connectivity index (χ1) is 12.5. The number of anilines is 1. The van der Waals surface area contributed by atoms with E-state index in [9.17, 15) is 9.59 Å². The van der Waals surface area contributed by atoms with Crippen LogP contribution < -0.4 is 10.6 Å².